The standard InChI is InChI=1S/C26H31NO5/c1-26(2)16-23(29)27(24(30)17-26)15-14-21(25(31)32)22(28)13-10-18-8-11-20(12-9-18)19-6-4-3-5-7-19/h3-9,11-12,21-22,28H,10,13-17H2,1-2H3,(H,31,32). The molecule has 2 N–H and O–H groups in total. The van der Waals surface area contributed by atoms with Gasteiger partial charge < -0.3 is 10.2 Å². The van der Waals surface area contributed by atoms with Crippen molar-refractivity contribution in [2.24, 2.45) is 11.3 Å². The van der Waals surface area contributed by atoms with Crippen LogP contribution >= 0.6 is 0 Å². The number of piperidine rings is 1. The molecule has 2 unspecified atom stereocenters. The van der Waals surface area contributed by atoms with Crippen molar-refractivity contribution in [1.82, 2.24) is 4.90 Å². The molecule has 1 aliphatic heterocycles. The highest BCUT2D eigenvalue weighted by molar-refractivity contribution is 5.98. The highest BCUT2D eigenvalue weighted by Gasteiger charge is 2.38. The van der Waals surface area contributed by atoms with Crippen LogP contribution in [0.1, 0.15) is 45.1 Å². The number of rotatable bonds is 9. The molecule has 0 aliphatic carbocycles. The van der Waals surface area contributed by atoms with E-state index in [1.54, 1.807) is 0 Å². The smallest absolute Gasteiger partial charge is 0.309 e. The minimum absolute atomic E-state index is 0.0214. The second-order valence-corrected chi connectivity index (χ2v) is 9.36. The molecule has 6 heteroatoms. The van der Waals surface area contributed by atoms with Crippen molar-refractivity contribution in [3.8, 4) is 11.1 Å². The van der Waals surface area contributed by atoms with Crippen molar-refractivity contribution in [2.75, 3.05) is 6.54 Å². The molecule has 2 amide bonds. The van der Waals surface area contributed by atoms with Crippen LogP contribution < -0.4 is 0 Å². The molecule has 0 bridgehead atoms. The minimum Gasteiger partial charge on any atom is -0.481 e. The summed E-state index contributed by atoms with van der Waals surface area (Å²) in [6.07, 6.45) is 0.330. The first-order valence-electron chi connectivity index (χ1n) is 11.0. The number of nitrogens with zero attached hydrogens (tertiary/aromatic N) is 1. The summed E-state index contributed by atoms with van der Waals surface area (Å²) in [6.45, 7) is 3.76. The topological polar surface area (TPSA) is 94.9 Å². The van der Waals surface area contributed by atoms with E-state index in [9.17, 15) is 24.6 Å². The summed E-state index contributed by atoms with van der Waals surface area (Å²) in [5.74, 6) is -2.70. The fourth-order valence-corrected chi connectivity index (χ4v) is 4.22. The monoisotopic (exact) mass is 437 g/mol. The molecule has 0 saturated carbocycles. The van der Waals surface area contributed by atoms with Crippen LogP contribution in [0.3, 0.4) is 0 Å². The third-order valence-electron chi connectivity index (χ3n) is 6.10. The van der Waals surface area contributed by atoms with Crippen molar-refractivity contribution in [3.63, 3.8) is 0 Å². The molecule has 1 aliphatic rings. The molecule has 170 valence electrons. The van der Waals surface area contributed by atoms with Gasteiger partial charge in [-0.25, -0.2) is 0 Å². The maximum atomic E-state index is 12.3. The molecule has 32 heavy (non-hydrogen) atoms. The number of carbonyl (C=O) groups is 3. The van der Waals surface area contributed by atoms with Crippen LogP contribution in [0.15, 0.2) is 54.6 Å². The van der Waals surface area contributed by atoms with Gasteiger partial charge in [-0.05, 0) is 41.4 Å². The van der Waals surface area contributed by atoms with Crippen LogP contribution in [0.25, 0.3) is 11.1 Å². The van der Waals surface area contributed by atoms with Crippen LogP contribution in [0.5, 0.6) is 0 Å². The Morgan fingerprint density at radius 1 is 0.938 bits per heavy atom. The first-order valence-corrected chi connectivity index (χ1v) is 11.0. The number of benzene rings is 2. The summed E-state index contributed by atoms with van der Waals surface area (Å²) in [5, 5.41) is 20.1. The lowest BCUT2D eigenvalue weighted by Gasteiger charge is -2.35. The first kappa shape index (κ1) is 23.7. The van der Waals surface area contributed by atoms with Gasteiger partial charge in [-0.3, -0.25) is 19.3 Å². The van der Waals surface area contributed by atoms with Gasteiger partial charge in [0.2, 0.25) is 11.8 Å². The largest absolute Gasteiger partial charge is 0.481 e. The number of aryl methyl sites for hydroxylation is 1. The molecule has 2 aromatic rings. The van der Waals surface area contributed by atoms with Crippen molar-refractivity contribution in [3.05, 3.63) is 60.2 Å². The molecule has 6 nitrogen and oxygen atoms in total. The van der Waals surface area contributed by atoms with Gasteiger partial charge in [0.25, 0.3) is 0 Å². The molecular weight excluding hydrogens is 406 g/mol. The van der Waals surface area contributed by atoms with E-state index in [2.05, 4.69) is 0 Å². The Morgan fingerprint density at radius 2 is 1.50 bits per heavy atom. The van der Waals surface area contributed by atoms with Gasteiger partial charge in [0, 0.05) is 19.4 Å². The zero-order valence-electron chi connectivity index (χ0n) is 18.7. The lowest BCUT2D eigenvalue weighted by atomic mass is 9.81. The normalized spacial score (nSPS) is 17.8. The molecule has 1 fully saturated rings. The fourth-order valence-electron chi connectivity index (χ4n) is 4.22. The van der Waals surface area contributed by atoms with Crippen LogP contribution in [0, 0.1) is 11.3 Å². The van der Waals surface area contributed by atoms with Crippen LogP contribution in [0.2, 0.25) is 0 Å². The van der Waals surface area contributed by atoms with Crippen LogP contribution in [-0.2, 0) is 20.8 Å². The maximum absolute atomic E-state index is 12.3. The Labute approximate surface area is 188 Å². The molecule has 0 aromatic heterocycles. The van der Waals surface area contributed by atoms with Crippen LogP contribution in [0.4, 0.5) is 0 Å². The third-order valence-corrected chi connectivity index (χ3v) is 6.10. The molecule has 1 saturated heterocycles. The number of likely N-dealkylation sites (tertiary alicyclic amines) is 1. The van der Waals surface area contributed by atoms with Gasteiger partial charge in [0.1, 0.15) is 0 Å². The van der Waals surface area contributed by atoms with Crippen molar-refractivity contribution in [1.29, 1.82) is 0 Å². The Balaban J connectivity index is 1.55. The van der Waals surface area contributed by atoms with E-state index < -0.39 is 18.0 Å². The summed E-state index contributed by atoms with van der Waals surface area (Å²) >= 11 is 0. The van der Waals surface area contributed by atoms with E-state index in [-0.39, 0.29) is 49.5 Å². The highest BCUT2D eigenvalue weighted by Crippen LogP contribution is 2.32. The minimum atomic E-state index is -1.12. The maximum Gasteiger partial charge on any atom is 0.309 e. The summed E-state index contributed by atoms with van der Waals surface area (Å²) in [7, 11) is 0. The van der Waals surface area contributed by atoms with Crippen molar-refractivity contribution >= 4 is 17.8 Å². The van der Waals surface area contributed by atoms with Gasteiger partial charge in [-0.2, -0.15) is 0 Å². The quantitative estimate of drug-likeness (QED) is 0.580. The lowest BCUT2D eigenvalue weighted by molar-refractivity contribution is -0.155. The van der Waals surface area contributed by atoms with Gasteiger partial charge in [-0.15, -0.1) is 0 Å². The third kappa shape index (κ3) is 6.04. The molecule has 0 spiro atoms. The first-order chi connectivity index (χ1) is 15.2. The summed E-state index contributed by atoms with van der Waals surface area (Å²) in [4.78, 5) is 37.5. The molecule has 0 radical (unpaired) electrons. The van der Waals surface area contributed by atoms with E-state index in [0.717, 1.165) is 21.6 Å². The Morgan fingerprint density at radius 3 is 2.06 bits per heavy atom. The van der Waals surface area contributed by atoms with Crippen LogP contribution in [-0.4, -0.2) is 45.5 Å². The highest BCUT2D eigenvalue weighted by atomic mass is 16.4. The summed E-state index contributed by atoms with van der Waals surface area (Å²) in [5.41, 5.74) is 2.86. The van der Waals surface area contributed by atoms with Crippen molar-refractivity contribution in [2.45, 2.75) is 52.1 Å². The Hall–Kier alpha value is -2.99. The number of amides is 2. The number of hydrogen-bond acceptors (Lipinski definition) is 4. The van der Waals surface area contributed by atoms with Gasteiger partial charge in [0.15, 0.2) is 0 Å². The molecular formula is C26H31NO5. The molecule has 2 atom stereocenters. The zero-order valence-corrected chi connectivity index (χ0v) is 18.7. The number of carboxylic acid groups (broad SMARTS) is 1. The van der Waals surface area contributed by atoms with E-state index in [1.165, 1.54) is 0 Å². The second-order valence-electron chi connectivity index (χ2n) is 9.36. The molecule has 2 aromatic carbocycles. The number of aliphatic carboxylic acids is 1. The predicted molar refractivity (Wildman–Crippen MR) is 122 cm³/mol. The predicted octanol–water partition coefficient (Wildman–Crippen LogP) is 3.91. The van der Waals surface area contributed by atoms with E-state index >= 15 is 0 Å². The van der Waals surface area contributed by atoms with E-state index in [0.29, 0.717) is 6.42 Å². The van der Waals surface area contributed by atoms with E-state index in [1.807, 2.05) is 68.4 Å². The number of aliphatic hydroxyl groups excluding tert-OH is 1. The Kier molecular flexibility index (Phi) is 7.46. The van der Waals surface area contributed by atoms with Gasteiger partial charge >= 0.3 is 5.97 Å². The number of aliphatic hydroxyl groups is 1. The van der Waals surface area contributed by atoms with E-state index in [4.69, 9.17) is 0 Å². The van der Waals surface area contributed by atoms with Gasteiger partial charge in [-0.1, -0.05) is 68.4 Å². The van der Waals surface area contributed by atoms with Crippen molar-refractivity contribution < 1.29 is 24.6 Å². The summed E-state index contributed by atoms with van der Waals surface area (Å²) in [6, 6.07) is 18.0. The zero-order chi connectivity index (χ0) is 23.3. The Bertz CT molecular complexity index is 932. The fraction of sp³-hybridized carbons (Fsp3) is 0.423. The lowest BCUT2D eigenvalue weighted by Crippen LogP contribution is -2.47. The second kappa shape index (κ2) is 10.1. The number of carbonyl (C=O) groups excluding carboxylic acids is 2. The SMILES string of the molecule is CC1(C)CC(=O)N(CCC(C(=O)O)C(O)CCc2ccc(-c3ccccc3)cc2)C(=O)C1. The molecule has 3 rings (SSSR count). The molecule has 1 heterocycles. The number of carboxylic acids is 1. The number of hydrogen-bond donors (Lipinski definition) is 2. The average Bonchev–Trinajstić information content (AvgIpc) is 2.74. The summed E-state index contributed by atoms with van der Waals surface area (Å²) < 4.78 is 0. The number of imide groups is 1. The van der Waals surface area contributed by atoms with Gasteiger partial charge in [0.05, 0.1) is 12.0 Å². The average molecular weight is 438 g/mol.